The minimum atomic E-state index is -0.646. The second-order valence-electron chi connectivity index (χ2n) is 4.72. The zero-order valence-electron chi connectivity index (χ0n) is 11.1. The lowest BCUT2D eigenvalue weighted by molar-refractivity contribution is -0.157. The Morgan fingerprint density at radius 2 is 2.17 bits per heavy atom. The largest absolute Gasteiger partial charge is 0.465 e. The van der Waals surface area contributed by atoms with E-state index < -0.39 is 11.9 Å². The Balaban J connectivity index is 2.83. The third-order valence-electron chi connectivity index (χ3n) is 3.62. The number of methoxy groups -OCH3 is 1. The molecule has 0 aromatic carbocycles. The fraction of sp³-hybridized carbons (Fsp3) is 0.846. The van der Waals surface area contributed by atoms with E-state index in [1.807, 2.05) is 6.92 Å². The lowest BCUT2D eigenvalue weighted by atomic mass is 9.71. The molecule has 1 saturated carbocycles. The van der Waals surface area contributed by atoms with E-state index in [1.54, 1.807) is 14.0 Å². The smallest absolute Gasteiger partial charge is 0.316 e. The number of alkyl halides is 1. The summed E-state index contributed by atoms with van der Waals surface area (Å²) in [7, 11) is 1.54. The maximum Gasteiger partial charge on any atom is 0.316 e. The first-order valence-electron chi connectivity index (χ1n) is 6.35. The molecular formula is C13H21ClO4. The molecule has 0 bridgehead atoms. The third kappa shape index (κ3) is 3.23. The van der Waals surface area contributed by atoms with Gasteiger partial charge in [0.05, 0.1) is 12.7 Å². The standard InChI is InChI=1S/C13H21ClO4/c1-4-18-13(16)9-6-5-8(2)11(12(9)15)10(7-14)17-3/h8-11H,4-7H2,1-3H3/t8?,9?,10-,11-/m1/s1. The molecule has 2 unspecified atom stereocenters. The van der Waals surface area contributed by atoms with Crippen LogP contribution in [0.3, 0.4) is 0 Å². The van der Waals surface area contributed by atoms with Gasteiger partial charge in [-0.2, -0.15) is 0 Å². The average molecular weight is 277 g/mol. The Morgan fingerprint density at radius 1 is 1.50 bits per heavy atom. The van der Waals surface area contributed by atoms with E-state index >= 15 is 0 Å². The van der Waals surface area contributed by atoms with E-state index in [-0.39, 0.29) is 29.6 Å². The Morgan fingerprint density at radius 3 is 2.67 bits per heavy atom. The number of Topliss-reactive ketones (excluding diaryl/α,β-unsaturated/α-hetero) is 1. The van der Waals surface area contributed by atoms with E-state index in [9.17, 15) is 9.59 Å². The van der Waals surface area contributed by atoms with Crippen molar-refractivity contribution in [3.63, 3.8) is 0 Å². The molecule has 1 fully saturated rings. The van der Waals surface area contributed by atoms with Gasteiger partial charge in [0.1, 0.15) is 5.92 Å². The average Bonchev–Trinajstić information content (AvgIpc) is 2.34. The van der Waals surface area contributed by atoms with Gasteiger partial charge in [0.2, 0.25) is 0 Å². The van der Waals surface area contributed by atoms with Crippen molar-refractivity contribution in [1.82, 2.24) is 0 Å². The minimum absolute atomic E-state index is 0.0836. The lowest BCUT2D eigenvalue weighted by Gasteiger charge is -2.35. The summed E-state index contributed by atoms with van der Waals surface area (Å²) in [6, 6.07) is 0. The van der Waals surface area contributed by atoms with Crippen LogP contribution in [0.15, 0.2) is 0 Å². The Kier molecular flexibility index (Phi) is 6.09. The minimum Gasteiger partial charge on any atom is -0.465 e. The molecule has 5 heteroatoms. The molecule has 18 heavy (non-hydrogen) atoms. The van der Waals surface area contributed by atoms with Crippen LogP contribution < -0.4 is 0 Å². The summed E-state index contributed by atoms with van der Waals surface area (Å²) in [6.07, 6.45) is 1.05. The van der Waals surface area contributed by atoms with E-state index in [4.69, 9.17) is 21.1 Å². The Hall–Kier alpha value is -0.610. The van der Waals surface area contributed by atoms with Crippen molar-refractivity contribution in [3.05, 3.63) is 0 Å². The second-order valence-corrected chi connectivity index (χ2v) is 5.02. The number of hydrogen-bond donors (Lipinski definition) is 0. The molecular weight excluding hydrogens is 256 g/mol. The lowest BCUT2D eigenvalue weighted by Crippen LogP contribution is -2.45. The zero-order chi connectivity index (χ0) is 13.7. The summed E-state index contributed by atoms with van der Waals surface area (Å²) in [4.78, 5) is 24.1. The maximum atomic E-state index is 12.4. The molecule has 4 atom stereocenters. The summed E-state index contributed by atoms with van der Waals surface area (Å²) in [6.45, 7) is 4.04. The normalized spacial score (nSPS) is 30.0. The van der Waals surface area contributed by atoms with Crippen LogP contribution in [0.25, 0.3) is 0 Å². The molecule has 0 radical (unpaired) electrons. The van der Waals surface area contributed by atoms with Gasteiger partial charge in [-0.15, -0.1) is 11.6 Å². The first-order valence-corrected chi connectivity index (χ1v) is 6.89. The number of ether oxygens (including phenoxy) is 2. The van der Waals surface area contributed by atoms with Gasteiger partial charge in [0.15, 0.2) is 5.78 Å². The summed E-state index contributed by atoms with van der Waals surface area (Å²) in [5, 5.41) is 0. The molecule has 0 aromatic heterocycles. The number of ketones is 1. The highest BCUT2D eigenvalue weighted by molar-refractivity contribution is 6.18. The predicted molar refractivity (Wildman–Crippen MR) is 68.5 cm³/mol. The molecule has 0 aromatic rings. The van der Waals surface area contributed by atoms with Crippen LogP contribution >= 0.6 is 11.6 Å². The van der Waals surface area contributed by atoms with Crippen LogP contribution in [-0.2, 0) is 19.1 Å². The molecule has 1 aliphatic rings. The van der Waals surface area contributed by atoms with Gasteiger partial charge in [0, 0.05) is 18.9 Å². The zero-order valence-corrected chi connectivity index (χ0v) is 11.9. The van der Waals surface area contributed by atoms with Crippen LogP contribution in [0.1, 0.15) is 26.7 Å². The highest BCUT2D eigenvalue weighted by atomic mass is 35.5. The fourth-order valence-electron chi connectivity index (χ4n) is 2.60. The first kappa shape index (κ1) is 15.4. The molecule has 0 saturated heterocycles. The number of hydrogen-bond acceptors (Lipinski definition) is 4. The van der Waals surface area contributed by atoms with Crippen LogP contribution in [0.4, 0.5) is 0 Å². The van der Waals surface area contributed by atoms with E-state index in [2.05, 4.69) is 0 Å². The van der Waals surface area contributed by atoms with Crippen molar-refractivity contribution < 1.29 is 19.1 Å². The molecule has 4 nitrogen and oxygen atoms in total. The number of esters is 1. The van der Waals surface area contributed by atoms with Crippen LogP contribution in [-0.4, -0.2) is 37.5 Å². The molecule has 0 aliphatic heterocycles. The van der Waals surface area contributed by atoms with Crippen LogP contribution in [0.2, 0.25) is 0 Å². The highest BCUT2D eigenvalue weighted by Gasteiger charge is 2.43. The van der Waals surface area contributed by atoms with Crippen molar-refractivity contribution >= 4 is 23.4 Å². The van der Waals surface area contributed by atoms with E-state index in [1.165, 1.54) is 0 Å². The highest BCUT2D eigenvalue weighted by Crippen LogP contribution is 2.34. The van der Waals surface area contributed by atoms with Gasteiger partial charge in [0.25, 0.3) is 0 Å². The molecule has 0 heterocycles. The topological polar surface area (TPSA) is 52.6 Å². The van der Waals surface area contributed by atoms with Gasteiger partial charge in [-0.05, 0) is 25.7 Å². The molecule has 104 valence electrons. The maximum absolute atomic E-state index is 12.4. The van der Waals surface area contributed by atoms with Gasteiger partial charge in [-0.3, -0.25) is 9.59 Å². The summed E-state index contributed by atoms with van der Waals surface area (Å²) in [5.41, 5.74) is 0. The van der Waals surface area contributed by atoms with Crippen LogP contribution in [0.5, 0.6) is 0 Å². The molecule has 1 rings (SSSR count). The van der Waals surface area contributed by atoms with Crippen molar-refractivity contribution in [2.24, 2.45) is 17.8 Å². The van der Waals surface area contributed by atoms with Gasteiger partial charge < -0.3 is 9.47 Å². The molecule has 0 N–H and O–H groups in total. The summed E-state index contributed by atoms with van der Waals surface area (Å²) >= 11 is 5.83. The monoisotopic (exact) mass is 276 g/mol. The molecule has 0 amide bonds. The van der Waals surface area contributed by atoms with Crippen LogP contribution in [0, 0.1) is 17.8 Å². The first-order chi connectivity index (χ1) is 8.56. The summed E-state index contributed by atoms with van der Waals surface area (Å²) in [5.74, 6) is -1.01. The predicted octanol–water partition coefficient (Wildman–Crippen LogP) is 2.03. The van der Waals surface area contributed by atoms with Crippen molar-refractivity contribution in [2.45, 2.75) is 32.8 Å². The number of carbonyl (C=O) groups is 2. The number of halogens is 1. The van der Waals surface area contributed by atoms with Crippen molar-refractivity contribution in [2.75, 3.05) is 19.6 Å². The quantitative estimate of drug-likeness (QED) is 0.438. The van der Waals surface area contributed by atoms with Crippen molar-refractivity contribution in [3.8, 4) is 0 Å². The molecule has 0 spiro atoms. The SMILES string of the molecule is CCOC(=O)C1CCC(C)[C@H]([C@@H](CCl)OC)C1=O. The van der Waals surface area contributed by atoms with Gasteiger partial charge in [-0.25, -0.2) is 0 Å². The number of carbonyl (C=O) groups excluding carboxylic acids is 2. The second kappa shape index (κ2) is 7.10. The third-order valence-corrected chi connectivity index (χ3v) is 3.93. The molecule has 1 aliphatic carbocycles. The summed E-state index contributed by atoms with van der Waals surface area (Å²) < 4.78 is 10.2. The van der Waals surface area contributed by atoms with Crippen molar-refractivity contribution in [1.29, 1.82) is 0 Å². The fourth-order valence-corrected chi connectivity index (χ4v) is 2.91. The van der Waals surface area contributed by atoms with Gasteiger partial charge >= 0.3 is 5.97 Å². The van der Waals surface area contributed by atoms with E-state index in [0.717, 1.165) is 6.42 Å². The number of rotatable bonds is 5. The Bertz CT molecular complexity index is 301. The van der Waals surface area contributed by atoms with Gasteiger partial charge in [-0.1, -0.05) is 6.92 Å². The van der Waals surface area contributed by atoms with E-state index in [0.29, 0.717) is 13.0 Å². The Labute approximate surface area is 113 Å².